The Kier molecular flexibility index (Phi) is 5.89. The molecule has 2 aromatic rings. The standard InChI is InChI=1S/C16H14Cl2N2O4/c1-9-3-10(2)5-13(4-9)19-15(21)23-24-16(22)20-14-7-11(17)6-12(18)8-14/h3-8H,1-2H3,(H,19,21)(H,20,22). The Morgan fingerprint density at radius 1 is 0.750 bits per heavy atom. The molecule has 6 nitrogen and oxygen atoms in total. The van der Waals surface area contributed by atoms with E-state index in [0.29, 0.717) is 21.4 Å². The van der Waals surface area contributed by atoms with Gasteiger partial charge in [-0.3, -0.25) is 10.6 Å². The van der Waals surface area contributed by atoms with Crippen LogP contribution in [0.3, 0.4) is 0 Å². The second-order valence-electron chi connectivity index (χ2n) is 5.03. The van der Waals surface area contributed by atoms with Gasteiger partial charge in [-0.2, -0.15) is 0 Å². The number of amides is 2. The van der Waals surface area contributed by atoms with Crippen molar-refractivity contribution in [2.24, 2.45) is 0 Å². The molecule has 8 heteroatoms. The van der Waals surface area contributed by atoms with E-state index in [-0.39, 0.29) is 0 Å². The summed E-state index contributed by atoms with van der Waals surface area (Å²) in [6, 6.07) is 9.89. The Balaban J connectivity index is 1.85. The van der Waals surface area contributed by atoms with Gasteiger partial charge < -0.3 is 0 Å². The molecule has 2 rings (SSSR count). The third kappa shape index (κ3) is 5.64. The predicted molar refractivity (Wildman–Crippen MR) is 92.6 cm³/mol. The highest BCUT2D eigenvalue weighted by molar-refractivity contribution is 6.35. The maximum Gasteiger partial charge on any atom is 0.454 e. The number of benzene rings is 2. The van der Waals surface area contributed by atoms with E-state index < -0.39 is 12.2 Å². The van der Waals surface area contributed by atoms with Crippen molar-refractivity contribution in [2.45, 2.75) is 13.8 Å². The van der Waals surface area contributed by atoms with Crippen LogP contribution in [0, 0.1) is 13.8 Å². The van der Waals surface area contributed by atoms with Gasteiger partial charge in [0.15, 0.2) is 0 Å². The number of aryl methyl sites for hydroxylation is 2. The molecule has 0 aliphatic carbocycles. The molecule has 24 heavy (non-hydrogen) atoms. The van der Waals surface area contributed by atoms with Crippen LogP contribution in [-0.2, 0) is 9.78 Å². The lowest BCUT2D eigenvalue weighted by Gasteiger charge is -2.08. The summed E-state index contributed by atoms with van der Waals surface area (Å²) in [5.74, 6) is 0. The van der Waals surface area contributed by atoms with Gasteiger partial charge in [0.25, 0.3) is 0 Å². The van der Waals surface area contributed by atoms with Crippen LogP contribution >= 0.6 is 23.2 Å². The number of carbonyl (C=O) groups excluding carboxylic acids is 2. The van der Waals surface area contributed by atoms with Gasteiger partial charge in [-0.15, -0.1) is 0 Å². The fourth-order valence-electron chi connectivity index (χ4n) is 2.03. The molecule has 0 saturated heterocycles. The summed E-state index contributed by atoms with van der Waals surface area (Å²) in [5, 5.41) is 5.46. The van der Waals surface area contributed by atoms with Crippen LogP contribution in [0.15, 0.2) is 36.4 Å². The molecule has 2 N–H and O–H groups in total. The van der Waals surface area contributed by atoms with Crippen molar-refractivity contribution >= 4 is 46.8 Å². The van der Waals surface area contributed by atoms with Crippen molar-refractivity contribution in [1.82, 2.24) is 0 Å². The molecular weight excluding hydrogens is 355 g/mol. The Morgan fingerprint density at radius 2 is 1.17 bits per heavy atom. The van der Waals surface area contributed by atoms with Crippen molar-refractivity contribution < 1.29 is 19.4 Å². The highest BCUT2D eigenvalue weighted by Gasteiger charge is 2.11. The number of hydrogen-bond acceptors (Lipinski definition) is 4. The molecule has 0 heterocycles. The van der Waals surface area contributed by atoms with Crippen LogP contribution < -0.4 is 10.6 Å². The third-order valence-corrected chi connectivity index (χ3v) is 3.21. The molecule has 0 aliphatic heterocycles. The van der Waals surface area contributed by atoms with Crippen LogP contribution in [0.5, 0.6) is 0 Å². The number of nitrogens with one attached hydrogen (secondary N) is 2. The molecule has 0 spiro atoms. The van der Waals surface area contributed by atoms with E-state index in [0.717, 1.165) is 11.1 Å². The molecule has 0 radical (unpaired) electrons. The van der Waals surface area contributed by atoms with E-state index >= 15 is 0 Å². The van der Waals surface area contributed by atoms with Crippen LogP contribution in [0.2, 0.25) is 10.0 Å². The average molecular weight is 369 g/mol. The summed E-state index contributed by atoms with van der Waals surface area (Å²) >= 11 is 11.6. The van der Waals surface area contributed by atoms with E-state index in [2.05, 4.69) is 20.4 Å². The van der Waals surface area contributed by atoms with Crippen molar-refractivity contribution in [3.05, 3.63) is 57.6 Å². The monoisotopic (exact) mass is 368 g/mol. The van der Waals surface area contributed by atoms with Crippen LogP contribution in [0.25, 0.3) is 0 Å². The Bertz CT molecular complexity index is 675. The number of halogens is 2. The molecule has 0 bridgehead atoms. The molecule has 0 saturated carbocycles. The lowest BCUT2D eigenvalue weighted by Crippen LogP contribution is -2.20. The van der Waals surface area contributed by atoms with E-state index in [1.807, 2.05) is 19.9 Å². The SMILES string of the molecule is Cc1cc(C)cc(NC(=O)OOC(=O)Nc2cc(Cl)cc(Cl)c2)c1. The Labute approximate surface area is 148 Å². The zero-order chi connectivity index (χ0) is 17.7. The molecule has 2 aromatic carbocycles. The summed E-state index contributed by atoms with van der Waals surface area (Å²) in [7, 11) is 0. The van der Waals surface area contributed by atoms with E-state index in [1.54, 1.807) is 12.1 Å². The summed E-state index contributed by atoms with van der Waals surface area (Å²) < 4.78 is 0. The summed E-state index contributed by atoms with van der Waals surface area (Å²) in [5.41, 5.74) is 2.78. The zero-order valence-electron chi connectivity index (χ0n) is 12.9. The molecule has 0 aliphatic rings. The van der Waals surface area contributed by atoms with Gasteiger partial charge >= 0.3 is 12.2 Å². The number of hydrogen-bond donors (Lipinski definition) is 2. The van der Waals surface area contributed by atoms with Crippen LogP contribution in [-0.4, -0.2) is 12.2 Å². The minimum atomic E-state index is -0.996. The lowest BCUT2D eigenvalue weighted by atomic mass is 10.1. The Morgan fingerprint density at radius 3 is 1.62 bits per heavy atom. The average Bonchev–Trinajstić information content (AvgIpc) is 2.42. The van der Waals surface area contributed by atoms with Crippen LogP contribution in [0.4, 0.5) is 21.0 Å². The molecule has 0 atom stereocenters. The first-order chi connectivity index (χ1) is 11.3. The first-order valence-corrected chi connectivity index (χ1v) is 7.58. The van der Waals surface area contributed by atoms with Gasteiger partial charge in [0.1, 0.15) is 0 Å². The third-order valence-electron chi connectivity index (χ3n) is 2.77. The minimum absolute atomic E-state index is 0.302. The molecular formula is C16H14Cl2N2O4. The lowest BCUT2D eigenvalue weighted by molar-refractivity contribution is -0.169. The molecule has 0 aromatic heterocycles. The molecule has 126 valence electrons. The van der Waals surface area contributed by atoms with Gasteiger partial charge in [-0.25, -0.2) is 19.4 Å². The Hall–Kier alpha value is -2.44. The summed E-state index contributed by atoms with van der Waals surface area (Å²) in [6.45, 7) is 3.78. The van der Waals surface area contributed by atoms with E-state index in [4.69, 9.17) is 23.2 Å². The highest BCUT2D eigenvalue weighted by Crippen LogP contribution is 2.22. The molecule has 2 amide bonds. The summed E-state index contributed by atoms with van der Waals surface area (Å²) in [4.78, 5) is 32.0. The van der Waals surface area contributed by atoms with Crippen molar-refractivity contribution in [2.75, 3.05) is 10.6 Å². The van der Waals surface area contributed by atoms with Gasteiger partial charge in [0.2, 0.25) is 0 Å². The van der Waals surface area contributed by atoms with Crippen molar-refractivity contribution in [3.8, 4) is 0 Å². The normalized spacial score (nSPS) is 10.0. The van der Waals surface area contributed by atoms with Gasteiger partial charge in [0, 0.05) is 21.4 Å². The quantitative estimate of drug-likeness (QED) is 0.555. The zero-order valence-corrected chi connectivity index (χ0v) is 14.4. The highest BCUT2D eigenvalue weighted by atomic mass is 35.5. The minimum Gasteiger partial charge on any atom is -0.288 e. The fourth-order valence-corrected chi connectivity index (χ4v) is 2.55. The van der Waals surface area contributed by atoms with Crippen molar-refractivity contribution in [1.29, 1.82) is 0 Å². The van der Waals surface area contributed by atoms with Crippen molar-refractivity contribution in [3.63, 3.8) is 0 Å². The largest absolute Gasteiger partial charge is 0.454 e. The van der Waals surface area contributed by atoms with E-state index in [9.17, 15) is 9.59 Å². The fraction of sp³-hybridized carbons (Fsp3) is 0.125. The maximum atomic E-state index is 11.6. The summed E-state index contributed by atoms with van der Waals surface area (Å²) in [6.07, 6.45) is -1.93. The maximum absolute atomic E-state index is 11.6. The molecule has 0 unspecified atom stereocenters. The van der Waals surface area contributed by atoms with Gasteiger partial charge in [-0.05, 0) is 55.3 Å². The van der Waals surface area contributed by atoms with Crippen LogP contribution in [0.1, 0.15) is 11.1 Å². The predicted octanol–water partition coefficient (Wildman–Crippen LogP) is 5.32. The molecule has 0 fully saturated rings. The first kappa shape index (κ1) is 17.9. The van der Waals surface area contributed by atoms with Gasteiger partial charge in [0.05, 0.1) is 0 Å². The van der Waals surface area contributed by atoms with E-state index in [1.165, 1.54) is 18.2 Å². The first-order valence-electron chi connectivity index (χ1n) is 6.83. The number of anilines is 2. The number of rotatable bonds is 2. The smallest absolute Gasteiger partial charge is 0.288 e. The second-order valence-corrected chi connectivity index (χ2v) is 5.90. The topological polar surface area (TPSA) is 76.7 Å². The second kappa shape index (κ2) is 7.90. The number of carbonyl (C=O) groups is 2. The van der Waals surface area contributed by atoms with Gasteiger partial charge in [-0.1, -0.05) is 29.3 Å².